The third-order valence-electron chi connectivity index (χ3n) is 6.51. The Morgan fingerprint density at radius 3 is 2.78 bits per heavy atom. The van der Waals surface area contributed by atoms with Crippen molar-refractivity contribution in [1.82, 2.24) is 19.9 Å². The molecule has 5 rings (SSSR count). The molecule has 1 amide bonds. The van der Waals surface area contributed by atoms with Gasteiger partial charge in [0.25, 0.3) is 0 Å². The fourth-order valence-electron chi connectivity index (χ4n) is 4.85. The maximum atomic E-state index is 13.2. The number of hydrogen-bond donors (Lipinski definition) is 0. The number of pyridine rings is 1. The fraction of sp³-hybridized carbons (Fsp3) is 0.522. The molecule has 0 radical (unpaired) electrons. The number of likely N-dealkylation sites (tertiary alicyclic amines) is 1. The average Bonchev–Trinajstić information content (AvgIpc) is 3.23. The SMILES string of the molecule is CCOC(=O)C1CCCN(C(=O)C2CCN(c3ncnc4c3sc3ncccc34)CC2)C1. The summed E-state index contributed by atoms with van der Waals surface area (Å²) in [6.07, 6.45) is 6.65. The minimum Gasteiger partial charge on any atom is -0.466 e. The topological polar surface area (TPSA) is 88.5 Å². The zero-order valence-electron chi connectivity index (χ0n) is 18.2. The molecule has 8 nitrogen and oxygen atoms in total. The zero-order chi connectivity index (χ0) is 22.1. The van der Waals surface area contributed by atoms with Gasteiger partial charge in [-0.25, -0.2) is 15.0 Å². The molecular weight excluding hydrogens is 426 g/mol. The molecule has 2 aliphatic rings. The second-order valence-electron chi connectivity index (χ2n) is 8.47. The maximum Gasteiger partial charge on any atom is 0.310 e. The minimum atomic E-state index is -0.191. The molecule has 3 aromatic heterocycles. The maximum absolute atomic E-state index is 13.2. The van der Waals surface area contributed by atoms with Gasteiger partial charge in [-0.05, 0) is 44.7 Å². The molecule has 0 N–H and O–H groups in total. The van der Waals surface area contributed by atoms with Crippen molar-refractivity contribution in [2.75, 3.05) is 37.7 Å². The summed E-state index contributed by atoms with van der Waals surface area (Å²) in [4.78, 5) is 44.0. The van der Waals surface area contributed by atoms with Crippen LogP contribution in [0.3, 0.4) is 0 Å². The zero-order valence-corrected chi connectivity index (χ0v) is 19.0. The van der Waals surface area contributed by atoms with E-state index in [2.05, 4.69) is 19.9 Å². The van der Waals surface area contributed by atoms with Crippen LogP contribution in [0.1, 0.15) is 32.6 Å². The molecule has 32 heavy (non-hydrogen) atoms. The molecule has 3 aromatic rings. The highest BCUT2D eigenvalue weighted by Gasteiger charge is 2.34. The Hall–Kier alpha value is -2.81. The second-order valence-corrected chi connectivity index (χ2v) is 9.47. The monoisotopic (exact) mass is 453 g/mol. The number of carbonyl (C=O) groups is 2. The van der Waals surface area contributed by atoms with Gasteiger partial charge in [0.15, 0.2) is 0 Å². The van der Waals surface area contributed by atoms with Crippen molar-refractivity contribution in [1.29, 1.82) is 0 Å². The highest BCUT2D eigenvalue weighted by molar-refractivity contribution is 7.25. The highest BCUT2D eigenvalue weighted by atomic mass is 32.1. The lowest BCUT2D eigenvalue weighted by atomic mass is 9.92. The number of thiophene rings is 1. The smallest absolute Gasteiger partial charge is 0.310 e. The van der Waals surface area contributed by atoms with Crippen molar-refractivity contribution in [2.45, 2.75) is 32.6 Å². The summed E-state index contributed by atoms with van der Waals surface area (Å²) in [6.45, 7) is 4.97. The number of nitrogens with zero attached hydrogens (tertiary/aromatic N) is 5. The largest absolute Gasteiger partial charge is 0.466 e. The van der Waals surface area contributed by atoms with Crippen molar-refractivity contribution in [3.8, 4) is 0 Å². The number of hydrogen-bond acceptors (Lipinski definition) is 8. The van der Waals surface area contributed by atoms with Gasteiger partial charge in [-0.2, -0.15) is 0 Å². The number of rotatable bonds is 4. The minimum absolute atomic E-state index is 0.00593. The predicted octanol–water partition coefficient (Wildman–Crippen LogP) is 3.26. The summed E-state index contributed by atoms with van der Waals surface area (Å²) in [5.74, 6) is 0.740. The molecule has 2 saturated heterocycles. The van der Waals surface area contributed by atoms with Gasteiger partial charge in [0.1, 0.15) is 17.0 Å². The van der Waals surface area contributed by atoms with E-state index >= 15 is 0 Å². The Bertz CT molecular complexity index is 1140. The summed E-state index contributed by atoms with van der Waals surface area (Å²) in [6, 6.07) is 3.98. The van der Waals surface area contributed by atoms with Crippen LogP contribution in [0.4, 0.5) is 5.82 Å². The van der Waals surface area contributed by atoms with E-state index in [0.717, 1.165) is 71.6 Å². The molecule has 9 heteroatoms. The van der Waals surface area contributed by atoms with E-state index < -0.39 is 0 Å². The summed E-state index contributed by atoms with van der Waals surface area (Å²) in [5.41, 5.74) is 0.944. The number of esters is 1. The van der Waals surface area contributed by atoms with E-state index in [-0.39, 0.29) is 23.7 Å². The van der Waals surface area contributed by atoms with E-state index in [1.165, 1.54) is 0 Å². The van der Waals surface area contributed by atoms with Crippen LogP contribution in [0.2, 0.25) is 0 Å². The van der Waals surface area contributed by atoms with Crippen LogP contribution in [-0.2, 0) is 14.3 Å². The number of fused-ring (bicyclic) bond motifs is 3. The molecule has 2 aliphatic heterocycles. The third-order valence-corrected chi connectivity index (χ3v) is 7.61. The van der Waals surface area contributed by atoms with Crippen LogP contribution in [0.15, 0.2) is 24.7 Å². The summed E-state index contributed by atoms with van der Waals surface area (Å²) in [5, 5.41) is 1.06. The molecule has 1 unspecified atom stereocenters. The molecule has 5 heterocycles. The average molecular weight is 454 g/mol. The van der Waals surface area contributed by atoms with Gasteiger partial charge in [-0.3, -0.25) is 9.59 Å². The summed E-state index contributed by atoms with van der Waals surface area (Å²) >= 11 is 1.62. The van der Waals surface area contributed by atoms with Crippen LogP contribution in [0.25, 0.3) is 20.4 Å². The lowest BCUT2D eigenvalue weighted by Crippen LogP contribution is -2.47. The first kappa shape index (κ1) is 21.1. The number of piperidine rings is 2. The standard InChI is InChI=1S/C23H27N5O3S/c1-2-31-23(30)16-5-4-10-28(13-16)22(29)15-7-11-27(12-8-15)20-19-18(25-14-26-20)17-6-3-9-24-21(17)32-19/h3,6,9,14-16H,2,4-5,7-8,10-13H2,1H3. The van der Waals surface area contributed by atoms with Gasteiger partial charge >= 0.3 is 5.97 Å². The Labute approximate surface area is 190 Å². The normalized spacial score (nSPS) is 20.1. The van der Waals surface area contributed by atoms with Crippen LogP contribution in [0.5, 0.6) is 0 Å². The van der Waals surface area contributed by atoms with Crippen molar-refractivity contribution < 1.29 is 14.3 Å². The molecule has 0 aliphatic carbocycles. The first-order chi connectivity index (χ1) is 15.7. The number of amides is 1. The Morgan fingerprint density at radius 2 is 1.97 bits per heavy atom. The van der Waals surface area contributed by atoms with Crippen LogP contribution in [-0.4, -0.2) is 64.5 Å². The van der Waals surface area contributed by atoms with Crippen LogP contribution in [0, 0.1) is 11.8 Å². The van der Waals surface area contributed by atoms with Gasteiger partial charge in [-0.1, -0.05) is 0 Å². The van der Waals surface area contributed by atoms with Crippen molar-refractivity contribution in [2.24, 2.45) is 11.8 Å². The molecule has 0 aromatic carbocycles. The lowest BCUT2D eigenvalue weighted by Gasteiger charge is -2.37. The van der Waals surface area contributed by atoms with Crippen molar-refractivity contribution in [3.05, 3.63) is 24.7 Å². The quantitative estimate of drug-likeness (QED) is 0.560. The van der Waals surface area contributed by atoms with E-state index in [0.29, 0.717) is 13.2 Å². The molecule has 1 atom stereocenters. The number of aromatic nitrogens is 3. The molecule has 0 spiro atoms. The molecule has 168 valence electrons. The number of ether oxygens (including phenoxy) is 1. The van der Waals surface area contributed by atoms with Crippen molar-refractivity contribution >= 4 is 49.5 Å². The third kappa shape index (κ3) is 3.90. The van der Waals surface area contributed by atoms with Crippen LogP contribution >= 0.6 is 11.3 Å². The number of anilines is 1. The Balaban J connectivity index is 1.26. The van der Waals surface area contributed by atoms with Gasteiger partial charge in [0, 0.05) is 43.7 Å². The van der Waals surface area contributed by atoms with Gasteiger partial charge in [0.2, 0.25) is 5.91 Å². The molecule has 0 saturated carbocycles. The number of carbonyl (C=O) groups excluding carboxylic acids is 2. The first-order valence-corrected chi connectivity index (χ1v) is 12.2. The van der Waals surface area contributed by atoms with Crippen molar-refractivity contribution in [3.63, 3.8) is 0 Å². The molecule has 0 bridgehead atoms. The highest BCUT2D eigenvalue weighted by Crippen LogP contribution is 2.37. The van der Waals surface area contributed by atoms with E-state index in [1.54, 1.807) is 23.9 Å². The van der Waals surface area contributed by atoms with Gasteiger partial charge in [-0.15, -0.1) is 11.3 Å². The van der Waals surface area contributed by atoms with Crippen LogP contribution < -0.4 is 4.90 Å². The Morgan fingerprint density at radius 1 is 1.12 bits per heavy atom. The van der Waals surface area contributed by atoms with E-state index in [9.17, 15) is 9.59 Å². The Kier molecular flexibility index (Phi) is 5.91. The van der Waals surface area contributed by atoms with Gasteiger partial charge in [0.05, 0.1) is 22.7 Å². The fourth-order valence-corrected chi connectivity index (χ4v) is 5.96. The second kappa shape index (κ2) is 8.97. The van der Waals surface area contributed by atoms with E-state index in [1.807, 2.05) is 24.0 Å². The first-order valence-electron chi connectivity index (χ1n) is 11.3. The lowest BCUT2D eigenvalue weighted by molar-refractivity contribution is -0.152. The molecule has 2 fully saturated rings. The van der Waals surface area contributed by atoms with E-state index in [4.69, 9.17) is 4.74 Å². The van der Waals surface area contributed by atoms with Gasteiger partial charge < -0.3 is 14.5 Å². The molecular formula is C23H27N5O3S. The summed E-state index contributed by atoms with van der Waals surface area (Å²) in [7, 11) is 0. The summed E-state index contributed by atoms with van der Waals surface area (Å²) < 4.78 is 6.23. The predicted molar refractivity (Wildman–Crippen MR) is 124 cm³/mol.